The Balaban J connectivity index is 2.02. The molecule has 0 aliphatic heterocycles. The highest BCUT2D eigenvalue weighted by Crippen LogP contribution is 2.49. The minimum atomic E-state index is 0.232. The van der Waals surface area contributed by atoms with E-state index in [0.29, 0.717) is 5.41 Å². The van der Waals surface area contributed by atoms with Crippen molar-refractivity contribution in [3.8, 4) is 0 Å². The van der Waals surface area contributed by atoms with Crippen LogP contribution in [0.25, 0.3) is 10.9 Å². The van der Waals surface area contributed by atoms with Gasteiger partial charge in [-0.05, 0) is 55.4 Å². The van der Waals surface area contributed by atoms with Crippen molar-refractivity contribution < 1.29 is 0 Å². The first-order valence-electron chi connectivity index (χ1n) is 8.02. The Kier molecular flexibility index (Phi) is 3.96. The molecule has 21 heavy (non-hydrogen) atoms. The quantitative estimate of drug-likeness (QED) is 0.658. The summed E-state index contributed by atoms with van der Waals surface area (Å²) in [6.45, 7) is 4.32. The van der Waals surface area contributed by atoms with Gasteiger partial charge in [-0.3, -0.25) is 16.3 Å². The maximum atomic E-state index is 5.95. The van der Waals surface area contributed by atoms with Gasteiger partial charge in [0.15, 0.2) is 0 Å². The third-order valence-corrected chi connectivity index (χ3v) is 5.27. The van der Waals surface area contributed by atoms with Crippen LogP contribution in [0.15, 0.2) is 30.3 Å². The zero-order chi connectivity index (χ0) is 14.9. The molecule has 0 saturated heterocycles. The molecule has 0 amide bonds. The lowest BCUT2D eigenvalue weighted by molar-refractivity contribution is 0.188. The monoisotopic (exact) mass is 283 g/mol. The second-order valence-electron chi connectivity index (χ2n) is 6.43. The summed E-state index contributed by atoms with van der Waals surface area (Å²) in [5, 5.41) is 1.20. The molecule has 3 rings (SSSR count). The summed E-state index contributed by atoms with van der Waals surface area (Å²) >= 11 is 0. The fraction of sp³-hybridized carbons (Fsp3) is 0.500. The largest absolute Gasteiger partial charge is 0.271 e. The number of nitrogens with two attached hydrogens (primary N) is 1. The number of pyridine rings is 1. The number of rotatable bonds is 4. The van der Waals surface area contributed by atoms with Gasteiger partial charge in [0.2, 0.25) is 0 Å². The average molecular weight is 283 g/mol. The molecule has 3 nitrogen and oxygen atoms in total. The van der Waals surface area contributed by atoms with Crippen LogP contribution in [0, 0.1) is 12.3 Å². The molecule has 3 heteroatoms. The van der Waals surface area contributed by atoms with Crippen LogP contribution in [-0.2, 0) is 0 Å². The molecule has 1 saturated carbocycles. The molecular formula is C18H25N3. The van der Waals surface area contributed by atoms with E-state index in [2.05, 4.69) is 47.7 Å². The van der Waals surface area contributed by atoms with Crippen LogP contribution >= 0.6 is 0 Å². The van der Waals surface area contributed by atoms with Crippen LogP contribution in [0.2, 0.25) is 0 Å². The van der Waals surface area contributed by atoms with Crippen molar-refractivity contribution in [2.45, 2.75) is 52.0 Å². The molecule has 1 aliphatic rings. The first kappa shape index (κ1) is 14.5. The van der Waals surface area contributed by atoms with Gasteiger partial charge in [0.05, 0.1) is 11.6 Å². The van der Waals surface area contributed by atoms with Gasteiger partial charge in [-0.1, -0.05) is 31.9 Å². The molecule has 0 radical (unpaired) electrons. The molecular weight excluding hydrogens is 258 g/mol. The number of hydrogen-bond donors (Lipinski definition) is 2. The van der Waals surface area contributed by atoms with Gasteiger partial charge in [0.1, 0.15) is 0 Å². The van der Waals surface area contributed by atoms with E-state index >= 15 is 0 Å². The maximum absolute atomic E-state index is 5.95. The molecule has 1 atom stereocenters. The van der Waals surface area contributed by atoms with E-state index in [-0.39, 0.29) is 6.04 Å². The number of fused-ring (bicyclic) bond motifs is 1. The Morgan fingerprint density at radius 1 is 1.24 bits per heavy atom. The normalized spacial score (nSPS) is 19.0. The molecule has 112 valence electrons. The Morgan fingerprint density at radius 2 is 2.00 bits per heavy atom. The van der Waals surface area contributed by atoms with E-state index in [4.69, 9.17) is 5.84 Å². The molecule has 3 N–H and O–H groups in total. The van der Waals surface area contributed by atoms with Crippen LogP contribution in [0.3, 0.4) is 0 Å². The zero-order valence-corrected chi connectivity index (χ0v) is 13.0. The summed E-state index contributed by atoms with van der Waals surface area (Å²) in [7, 11) is 0. The van der Waals surface area contributed by atoms with E-state index in [9.17, 15) is 0 Å². The fourth-order valence-electron chi connectivity index (χ4n) is 3.98. The second-order valence-corrected chi connectivity index (χ2v) is 6.43. The van der Waals surface area contributed by atoms with Crippen molar-refractivity contribution in [3.05, 3.63) is 41.6 Å². The fourth-order valence-corrected chi connectivity index (χ4v) is 3.98. The van der Waals surface area contributed by atoms with Crippen molar-refractivity contribution in [1.82, 2.24) is 10.4 Å². The van der Waals surface area contributed by atoms with Crippen molar-refractivity contribution in [1.29, 1.82) is 0 Å². The summed E-state index contributed by atoms with van der Waals surface area (Å²) in [6, 6.07) is 11.0. The Bertz CT molecular complexity index is 629. The van der Waals surface area contributed by atoms with E-state index in [1.165, 1.54) is 43.1 Å². The van der Waals surface area contributed by atoms with Gasteiger partial charge in [-0.15, -0.1) is 0 Å². The number of benzene rings is 1. The smallest absolute Gasteiger partial charge is 0.0705 e. The lowest BCUT2D eigenvalue weighted by Gasteiger charge is -2.37. The highest BCUT2D eigenvalue weighted by molar-refractivity contribution is 5.79. The molecule has 1 heterocycles. The molecule has 2 aromatic rings. The van der Waals surface area contributed by atoms with Crippen LogP contribution in [0.1, 0.15) is 56.3 Å². The number of hydrazine groups is 1. The van der Waals surface area contributed by atoms with Gasteiger partial charge < -0.3 is 0 Å². The second kappa shape index (κ2) is 5.74. The molecule has 1 unspecified atom stereocenters. The van der Waals surface area contributed by atoms with E-state index in [1.54, 1.807) is 0 Å². The standard InChI is InChI=1S/C18H25N3/c1-3-18(10-4-5-11-18)17(21-19)15-8-9-16-14(12-15)7-6-13(2)20-16/h6-9,12,17,21H,3-5,10-11,19H2,1-2H3. The molecule has 1 fully saturated rings. The van der Waals surface area contributed by atoms with Crippen LogP contribution in [-0.4, -0.2) is 4.98 Å². The van der Waals surface area contributed by atoms with Gasteiger partial charge in [0, 0.05) is 11.1 Å². The first-order chi connectivity index (χ1) is 10.2. The Labute approximate surface area is 126 Å². The van der Waals surface area contributed by atoms with E-state index < -0.39 is 0 Å². The number of aryl methyl sites for hydroxylation is 1. The molecule has 0 bridgehead atoms. The summed E-state index contributed by atoms with van der Waals surface area (Å²) in [5.74, 6) is 5.95. The highest BCUT2D eigenvalue weighted by atomic mass is 15.2. The number of nitrogens with zero attached hydrogens (tertiary/aromatic N) is 1. The molecule has 1 aromatic carbocycles. The Hall–Kier alpha value is -1.45. The summed E-state index contributed by atoms with van der Waals surface area (Å²) < 4.78 is 0. The van der Waals surface area contributed by atoms with Crippen molar-refractivity contribution in [2.75, 3.05) is 0 Å². The Morgan fingerprint density at radius 3 is 2.67 bits per heavy atom. The van der Waals surface area contributed by atoms with E-state index in [1.807, 2.05) is 6.92 Å². The van der Waals surface area contributed by atoms with Gasteiger partial charge in [-0.25, -0.2) is 0 Å². The summed E-state index contributed by atoms with van der Waals surface area (Å²) in [6.07, 6.45) is 6.35. The van der Waals surface area contributed by atoms with Crippen molar-refractivity contribution in [3.63, 3.8) is 0 Å². The van der Waals surface area contributed by atoms with Crippen LogP contribution in [0.5, 0.6) is 0 Å². The molecule has 1 aromatic heterocycles. The number of nitrogens with one attached hydrogen (secondary N) is 1. The number of aromatic nitrogens is 1. The highest BCUT2D eigenvalue weighted by Gasteiger charge is 2.40. The average Bonchev–Trinajstić information content (AvgIpc) is 2.98. The van der Waals surface area contributed by atoms with Gasteiger partial charge in [0.25, 0.3) is 0 Å². The lowest BCUT2D eigenvalue weighted by Crippen LogP contribution is -2.40. The van der Waals surface area contributed by atoms with Crippen LogP contribution < -0.4 is 11.3 Å². The first-order valence-corrected chi connectivity index (χ1v) is 8.02. The SMILES string of the molecule is CCC1(C(NN)c2ccc3nc(C)ccc3c2)CCCC1. The predicted octanol–water partition coefficient (Wildman–Crippen LogP) is 4.02. The lowest BCUT2D eigenvalue weighted by atomic mass is 9.73. The van der Waals surface area contributed by atoms with Crippen LogP contribution in [0.4, 0.5) is 0 Å². The predicted molar refractivity (Wildman–Crippen MR) is 87.7 cm³/mol. The third kappa shape index (κ3) is 2.56. The number of hydrogen-bond acceptors (Lipinski definition) is 3. The summed E-state index contributed by atoms with van der Waals surface area (Å²) in [5.41, 5.74) is 6.83. The topological polar surface area (TPSA) is 50.9 Å². The minimum Gasteiger partial charge on any atom is -0.271 e. The van der Waals surface area contributed by atoms with Gasteiger partial charge in [-0.2, -0.15) is 0 Å². The summed E-state index contributed by atoms with van der Waals surface area (Å²) in [4.78, 5) is 4.59. The zero-order valence-electron chi connectivity index (χ0n) is 13.0. The van der Waals surface area contributed by atoms with Crippen molar-refractivity contribution in [2.24, 2.45) is 11.3 Å². The third-order valence-electron chi connectivity index (χ3n) is 5.27. The van der Waals surface area contributed by atoms with Gasteiger partial charge >= 0.3 is 0 Å². The molecule has 1 aliphatic carbocycles. The van der Waals surface area contributed by atoms with E-state index in [0.717, 1.165) is 11.2 Å². The van der Waals surface area contributed by atoms with Crippen molar-refractivity contribution >= 4 is 10.9 Å². The molecule has 0 spiro atoms. The maximum Gasteiger partial charge on any atom is 0.0705 e. The minimum absolute atomic E-state index is 0.232.